The number of aromatic nitrogens is 1. The van der Waals surface area contributed by atoms with Gasteiger partial charge in [-0.05, 0) is 31.2 Å². The van der Waals surface area contributed by atoms with E-state index in [4.69, 9.17) is 4.52 Å². The van der Waals surface area contributed by atoms with E-state index in [1.807, 2.05) is 0 Å². The summed E-state index contributed by atoms with van der Waals surface area (Å²) in [5, 5.41) is 6.14. The molecule has 0 fully saturated rings. The summed E-state index contributed by atoms with van der Waals surface area (Å²) in [5.74, 6) is 0.155. The van der Waals surface area contributed by atoms with Gasteiger partial charge in [-0.3, -0.25) is 4.79 Å². The standard InChI is InChI=1S/C13H15N3O4S/c1-9-7-11(20-16-9)8-15-21(18,19)12-5-3-10(4-6-12)13(17)14-2/h3-7,15H,8H2,1-2H3,(H,14,17). The molecule has 2 aromatic rings. The maximum absolute atomic E-state index is 12.1. The Bertz CT molecular complexity index is 735. The molecule has 2 rings (SSSR count). The lowest BCUT2D eigenvalue weighted by atomic mass is 10.2. The van der Waals surface area contributed by atoms with Crippen molar-refractivity contribution in [3.63, 3.8) is 0 Å². The average Bonchev–Trinajstić information content (AvgIpc) is 2.90. The van der Waals surface area contributed by atoms with Crippen LogP contribution in [0.2, 0.25) is 0 Å². The van der Waals surface area contributed by atoms with Crippen molar-refractivity contribution in [1.29, 1.82) is 0 Å². The summed E-state index contributed by atoms with van der Waals surface area (Å²) in [6.45, 7) is 1.76. The molecule has 0 saturated carbocycles. The van der Waals surface area contributed by atoms with Crippen molar-refractivity contribution >= 4 is 15.9 Å². The number of carbonyl (C=O) groups is 1. The molecule has 1 amide bonds. The Balaban J connectivity index is 2.10. The highest BCUT2D eigenvalue weighted by atomic mass is 32.2. The molecule has 8 heteroatoms. The third kappa shape index (κ3) is 3.67. The van der Waals surface area contributed by atoms with Gasteiger partial charge in [0.15, 0.2) is 5.76 Å². The molecule has 0 bridgehead atoms. The molecule has 0 aliphatic rings. The maximum atomic E-state index is 12.1. The van der Waals surface area contributed by atoms with Gasteiger partial charge in [-0.1, -0.05) is 5.16 Å². The Labute approximate surface area is 122 Å². The predicted octanol–water partition coefficient (Wildman–Crippen LogP) is 0.821. The van der Waals surface area contributed by atoms with Crippen LogP contribution in [0.25, 0.3) is 0 Å². The van der Waals surface area contributed by atoms with E-state index >= 15 is 0 Å². The Hall–Kier alpha value is -2.19. The molecule has 1 aromatic carbocycles. The van der Waals surface area contributed by atoms with Crippen LogP contribution in [0.15, 0.2) is 39.8 Å². The third-order valence-corrected chi connectivity index (χ3v) is 4.18. The first-order chi connectivity index (χ1) is 9.92. The Morgan fingerprint density at radius 3 is 2.48 bits per heavy atom. The van der Waals surface area contributed by atoms with E-state index in [1.54, 1.807) is 13.0 Å². The van der Waals surface area contributed by atoms with Gasteiger partial charge >= 0.3 is 0 Å². The number of aryl methyl sites for hydroxylation is 1. The molecule has 7 nitrogen and oxygen atoms in total. The van der Waals surface area contributed by atoms with Gasteiger partial charge in [0.05, 0.1) is 17.1 Å². The number of nitrogens with zero attached hydrogens (tertiary/aromatic N) is 1. The lowest BCUT2D eigenvalue weighted by Gasteiger charge is -2.06. The molecule has 0 saturated heterocycles. The molecule has 112 valence electrons. The first-order valence-electron chi connectivity index (χ1n) is 6.16. The third-order valence-electron chi connectivity index (χ3n) is 2.77. The van der Waals surface area contributed by atoms with E-state index in [1.165, 1.54) is 31.3 Å². The zero-order chi connectivity index (χ0) is 15.5. The Kier molecular flexibility index (Phi) is 4.39. The minimum absolute atomic E-state index is 0.0143. The lowest BCUT2D eigenvalue weighted by Crippen LogP contribution is -2.23. The molecule has 0 aliphatic heterocycles. The van der Waals surface area contributed by atoms with Crippen molar-refractivity contribution in [2.24, 2.45) is 0 Å². The second-order valence-electron chi connectivity index (χ2n) is 4.36. The quantitative estimate of drug-likeness (QED) is 0.851. The van der Waals surface area contributed by atoms with Crippen LogP contribution in [0.4, 0.5) is 0 Å². The smallest absolute Gasteiger partial charge is 0.251 e. The van der Waals surface area contributed by atoms with Crippen molar-refractivity contribution in [3.8, 4) is 0 Å². The van der Waals surface area contributed by atoms with E-state index in [0.717, 1.165) is 0 Å². The topological polar surface area (TPSA) is 101 Å². The van der Waals surface area contributed by atoms with E-state index in [-0.39, 0.29) is 17.3 Å². The summed E-state index contributed by atoms with van der Waals surface area (Å²) in [7, 11) is -2.16. The van der Waals surface area contributed by atoms with Crippen molar-refractivity contribution < 1.29 is 17.7 Å². The second-order valence-corrected chi connectivity index (χ2v) is 6.13. The molecule has 2 N–H and O–H groups in total. The molecule has 0 spiro atoms. The number of carbonyl (C=O) groups excluding carboxylic acids is 1. The van der Waals surface area contributed by atoms with Gasteiger partial charge in [0.2, 0.25) is 10.0 Å². The van der Waals surface area contributed by atoms with Gasteiger partial charge in [-0.15, -0.1) is 0 Å². The number of benzene rings is 1. The average molecular weight is 309 g/mol. The fraction of sp³-hybridized carbons (Fsp3) is 0.231. The monoisotopic (exact) mass is 309 g/mol. The van der Waals surface area contributed by atoms with Crippen LogP contribution in [0.3, 0.4) is 0 Å². The highest BCUT2D eigenvalue weighted by molar-refractivity contribution is 7.89. The maximum Gasteiger partial charge on any atom is 0.251 e. The highest BCUT2D eigenvalue weighted by Gasteiger charge is 2.15. The molecule has 21 heavy (non-hydrogen) atoms. The lowest BCUT2D eigenvalue weighted by molar-refractivity contribution is 0.0963. The summed E-state index contributed by atoms with van der Waals surface area (Å²) in [6, 6.07) is 7.30. The summed E-state index contributed by atoms with van der Waals surface area (Å²) < 4.78 is 31.5. The van der Waals surface area contributed by atoms with Gasteiger partial charge in [0, 0.05) is 18.7 Å². The van der Waals surface area contributed by atoms with E-state index in [9.17, 15) is 13.2 Å². The van der Waals surface area contributed by atoms with Gasteiger partial charge in [-0.2, -0.15) is 0 Å². The summed E-state index contributed by atoms with van der Waals surface area (Å²) in [5.41, 5.74) is 1.07. The molecule has 0 radical (unpaired) electrons. The van der Waals surface area contributed by atoms with Crippen LogP contribution in [-0.4, -0.2) is 26.5 Å². The van der Waals surface area contributed by atoms with Gasteiger partial charge in [0.1, 0.15) is 0 Å². The molecule has 0 atom stereocenters. The molecule has 0 aliphatic carbocycles. The molecule has 1 aromatic heterocycles. The van der Waals surface area contributed by atoms with Crippen LogP contribution in [-0.2, 0) is 16.6 Å². The number of rotatable bonds is 5. The second kappa shape index (κ2) is 6.06. The van der Waals surface area contributed by atoms with Gasteiger partial charge < -0.3 is 9.84 Å². The molecule has 0 unspecified atom stereocenters. The van der Waals surface area contributed by atoms with Gasteiger partial charge in [-0.25, -0.2) is 13.1 Å². The number of hydrogen-bond acceptors (Lipinski definition) is 5. The molecular formula is C13H15N3O4S. The predicted molar refractivity (Wildman–Crippen MR) is 75.1 cm³/mol. The van der Waals surface area contributed by atoms with Crippen LogP contribution < -0.4 is 10.0 Å². The highest BCUT2D eigenvalue weighted by Crippen LogP contribution is 2.11. The van der Waals surface area contributed by atoms with Gasteiger partial charge in [0.25, 0.3) is 5.91 Å². The van der Waals surface area contributed by atoms with Crippen molar-refractivity contribution in [3.05, 3.63) is 47.3 Å². The minimum Gasteiger partial charge on any atom is -0.360 e. The van der Waals surface area contributed by atoms with Crippen LogP contribution in [0.5, 0.6) is 0 Å². The number of amides is 1. The van der Waals surface area contributed by atoms with Crippen molar-refractivity contribution in [2.75, 3.05) is 7.05 Å². The summed E-state index contributed by atoms with van der Waals surface area (Å²) >= 11 is 0. The fourth-order valence-corrected chi connectivity index (χ4v) is 2.67. The Morgan fingerprint density at radius 2 is 1.95 bits per heavy atom. The largest absolute Gasteiger partial charge is 0.360 e. The number of nitrogens with one attached hydrogen (secondary N) is 2. The Morgan fingerprint density at radius 1 is 1.29 bits per heavy atom. The van der Waals surface area contributed by atoms with E-state index in [2.05, 4.69) is 15.2 Å². The first-order valence-corrected chi connectivity index (χ1v) is 7.64. The van der Waals surface area contributed by atoms with E-state index < -0.39 is 10.0 Å². The summed E-state index contributed by atoms with van der Waals surface area (Å²) in [4.78, 5) is 11.5. The van der Waals surface area contributed by atoms with Crippen molar-refractivity contribution in [2.45, 2.75) is 18.4 Å². The summed E-state index contributed by atoms with van der Waals surface area (Å²) in [6.07, 6.45) is 0. The normalized spacial score (nSPS) is 11.3. The zero-order valence-electron chi connectivity index (χ0n) is 11.6. The number of sulfonamides is 1. The van der Waals surface area contributed by atoms with E-state index in [0.29, 0.717) is 17.0 Å². The fourth-order valence-electron chi connectivity index (χ4n) is 1.68. The molecular weight excluding hydrogens is 294 g/mol. The first kappa shape index (κ1) is 15.2. The van der Waals surface area contributed by atoms with Crippen LogP contribution in [0.1, 0.15) is 21.8 Å². The van der Waals surface area contributed by atoms with Crippen LogP contribution >= 0.6 is 0 Å². The zero-order valence-corrected chi connectivity index (χ0v) is 12.4. The minimum atomic E-state index is -3.67. The SMILES string of the molecule is CNC(=O)c1ccc(S(=O)(=O)NCc2cc(C)no2)cc1. The van der Waals surface area contributed by atoms with Crippen molar-refractivity contribution in [1.82, 2.24) is 15.2 Å². The molecule has 1 heterocycles. The van der Waals surface area contributed by atoms with Crippen LogP contribution in [0, 0.1) is 6.92 Å². The number of hydrogen-bond donors (Lipinski definition) is 2.